The summed E-state index contributed by atoms with van der Waals surface area (Å²) in [5.74, 6) is -1.91. The van der Waals surface area contributed by atoms with Gasteiger partial charge in [0, 0.05) is 5.92 Å². The first kappa shape index (κ1) is 18.8. The van der Waals surface area contributed by atoms with E-state index >= 15 is 0 Å². The number of alkyl halides is 4. The van der Waals surface area contributed by atoms with E-state index in [-0.39, 0.29) is 5.92 Å². The maximum absolute atomic E-state index is 12.5. The molecule has 0 spiro atoms. The molecule has 0 atom stereocenters. The highest BCUT2D eigenvalue weighted by molar-refractivity contribution is 5.76. The molecular formula is C16H16F4N2O3. The Hall–Kier alpha value is -2.50. The Morgan fingerprint density at radius 1 is 1.16 bits per heavy atom. The highest BCUT2D eigenvalue weighted by Gasteiger charge is 2.39. The van der Waals surface area contributed by atoms with Crippen LogP contribution >= 0.6 is 0 Å². The molecule has 0 unspecified atom stereocenters. The van der Waals surface area contributed by atoms with Crippen molar-refractivity contribution in [2.24, 2.45) is 11.7 Å². The van der Waals surface area contributed by atoms with Crippen molar-refractivity contribution in [3.63, 3.8) is 0 Å². The number of ether oxygens (including phenoxy) is 2. The number of halogens is 4. The molecule has 0 radical (unpaired) electrons. The highest BCUT2D eigenvalue weighted by Crippen LogP contribution is 2.44. The number of benzene rings is 1. The number of nitrogens with two attached hydrogens (primary N) is 1. The first-order chi connectivity index (χ1) is 11.8. The van der Waals surface area contributed by atoms with Crippen LogP contribution < -0.4 is 15.2 Å². The van der Waals surface area contributed by atoms with Gasteiger partial charge >= 0.3 is 13.2 Å². The number of hydrogen-bond donors (Lipinski definition) is 1. The minimum atomic E-state index is -3.24. The van der Waals surface area contributed by atoms with Crippen LogP contribution in [-0.4, -0.2) is 19.1 Å². The highest BCUT2D eigenvalue weighted by atomic mass is 19.3. The molecule has 5 nitrogen and oxygen atoms in total. The van der Waals surface area contributed by atoms with E-state index in [9.17, 15) is 27.6 Å². The van der Waals surface area contributed by atoms with E-state index in [1.165, 1.54) is 6.07 Å². The van der Waals surface area contributed by atoms with Crippen molar-refractivity contribution in [1.29, 1.82) is 5.26 Å². The number of amides is 1. The number of hydrogen-bond acceptors (Lipinski definition) is 4. The van der Waals surface area contributed by atoms with Crippen molar-refractivity contribution in [3.8, 4) is 17.6 Å². The topological polar surface area (TPSA) is 85.3 Å². The molecule has 1 aromatic rings. The Morgan fingerprint density at radius 3 is 2.20 bits per heavy atom. The minimum Gasteiger partial charge on any atom is -0.431 e. The van der Waals surface area contributed by atoms with Crippen molar-refractivity contribution in [1.82, 2.24) is 0 Å². The third-order valence-electron chi connectivity index (χ3n) is 4.38. The minimum absolute atomic E-state index is 0.292. The van der Waals surface area contributed by atoms with Crippen LogP contribution in [-0.2, 0) is 10.2 Å². The van der Waals surface area contributed by atoms with Gasteiger partial charge in [-0.25, -0.2) is 0 Å². The quantitative estimate of drug-likeness (QED) is 0.789. The van der Waals surface area contributed by atoms with Gasteiger partial charge in [0.1, 0.15) is 0 Å². The number of carbonyl (C=O) groups is 1. The maximum atomic E-state index is 12.5. The van der Waals surface area contributed by atoms with Crippen LogP contribution in [0.1, 0.15) is 31.2 Å². The van der Waals surface area contributed by atoms with Gasteiger partial charge in [0.25, 0.3) is 0 Å². The normalized spacial score (nSPS) is 23.3. The lowest BCUT2D eigenvalue weighted by Crippen LogP contribution is -2.35. The summed E-state index contributed by atoms with van der Waals surface area (Å²) in [7, 11) is 0. The van der Waals surface area contributed by atoms with E-state index < -0.39 is 36.0 Å². The number of nitriles is 1. The van der Waals surface area contributed by atoms with Gasteiger partial charge in [-0.1, -0.05) is 6.07 Å². The van der Waals surface area contributed by atoms with Gasteiger partial charge in [-0.2, -0.15) is 22.8 Å². The first-order valence-corrected chi connectivity index (χ1v) is 7.52. The Morgan fingerprint density at radius 2 is 1.72 bits per heavy atom. The van der Waals surface area contributed by atoms with E-state index in [4.69, 9.17) is 5.73 Å². The molecule has 0 heterocycles. The van der Waals surface area contributed by atoms with Gasteiger partial charge in [0.05, 0.1) is 11.5 Å². The van der Waals surface area contributed by atoms with Gasteiger partial charge in [-0.05, 0) is 43.4 Å². The smallest absolute Gasteiger partial charge is 0.387 e. The molecule has 0 bridgehead atoms. The van der Waals surface area contributed by atoms with Crippen LogP contribution in [0, 0.1) is 17.2 Å². The Balaban J connectivity index is 2.34. The molecule has 1 aromatic carbocycles. The number of primary amides is 1. The predicted octanol–water partition coefficient (Wildman–Crippen LogP) is 3.33. The monoisotopic (exact) mass is 360 g/mol. The maximum Gasteiger partial charge on any atom is 0.387 e. The second kappa shape index (κ2) is 7.59. The van der Waals surface area contributed by atoms with Crippen LogP contribution in [0.5, 0.6) is 11.5 Å². The lowest BCUT2D eigenvalue weighted by molar-refractivity contribution is -0.122. The van der Waals surface area contributed by atoms with Crippen LogP contribution in [0.15, 0.2) is 18.2 Å². The van der Waals surface area contributed by atoms with Gasteiger partial charge in [-0.15, -0.1) is 0 Å². The number of rotatable bonds is 6. The molecular weight excluding hydrogens is 344 g/mol. The fraction of sp³-hybridized carbons (Fsp3) is 0.500. The average molecular weight is 360 g/mol. The lowest BCUT2D eigenvalue weighted by Gasteiger charge is -2.34. The zero-order valence-corrected chi connectivity index (χ0v) is 13.1. The molecule has 1 aliphatic carbocycles. The molecule has 2 rings (SSSR count). The van der Waals surface area contributed by atoms with E-state index in [2.05, 4.69) is 15.5 Å². The standard InChI is InChI=1S/C16H16F4N2O3/c17-14(18)24-11-2-1-10(7-12(11)25-15(19)20)16(8-21)5-3-9(4-6-16)13(22)23/h1-2,7,9,14-15H,3-6H2,(H2,22,23). The molecule has 1 saturated carbocycles. The fourth-order valence-corrected chi connectivity index (χ4v) is 3.05. The number of carbonyl (C=O) groups excluding carboxylic acids is 1. The second-order valence-electron chi connectivity index (χ2n) is 5.79. The summed E-state index contributed by atoms with van der Waals surface area (Å²) < 4.78 is 58.3. The summed E-state index contributed by atoms with van der Waals surface area (Å²) in [4.78, 5) is 11.3. The summed E-state index contributed by atoms with van der Waals surface area (Å²) in [6, 6.07) is 5.69. The molecule has 25 heavy (non-hydrogen) atoms. The van der Waals surface area contributed by atoms with Gasteiger partial charge in [0.15, 0.2) is 11.5 Å². The molecule has 1 amide bonds. The number of nitrogens with zero attached hydrogens (tertiary/aromatic N) is 1. The zero-order valence-electron chi connectivity index (χ0n) is 13.1. The van der Waals surface area contributed by atoms with Gasteiger partial charge < -0.3 is 15.2 Å². The van der Waals surface area contributed by atoms with Crippen molar-refractivity contribution in [2.75, 3.05) is 0 Å². The Labute approximate surface area is 141 Å². The average Bonchev–Trinajstić information content (AvgIpc) is 2.55. The third kappa shape index (κ3) is 4.32. The molecule has 136 valence electrons. The van der Waals surface area contributed by atoms with E-state index in [0.717, 1.165) is 12.1 Å². The molecule has 1 aliphatic rings. The second-order valence-corrected chi connectivity index (χ2v) is 5.79. The Bertz CT molecular complexity index is 668. The summed E-state index contributed by atoms with van der Waals surface area (Å²) in [5.41, 5.74) is 4.58. The Kier molecular flexibility index (Phi) is 5.72. The van der Waals surface area contributed by atoms with Crippen molar-refractivity contribution in [3.05, 3.63) is 23.8 Å². The SMILES string of the molecule is N#CC1(c2ccc(OC(F)F)c(OC(F)F)c2)CCC(C(N)=O)CC1. The van der Waals surface area contributed by atoms with Crippen molar-refractivity contribution < 1.29 is 31.8 Å². The van der Waals surface area contributed by atoms with Crippen LogP contribution in [0.3, 0.4) is 0 Å². The summed E-state index contributed by atoms with van der Waals surface area (Å²) >= 11 is 0. The summed E-state index contributed by atoms with van der Waals surface area (Å²) in [6.45, 7) is -6.44. The van der Waals surface area contributed by atoms with Crippen molar-refractivity contribution in [2.45, 2.75) is 44.3 Å². The molecule has 0 aliphatic heterocycles. The largest absolute Gasteiger partial charge is 0.431 e. The van der Waals surface area contributed by atoms with E-state index in [0.29, 0.717) is 31.2 Å². The van der Waals surface area contributed by atoms with E-state index in [1.807, 2.05) is 0 Å². The van der Waals surface area contributed by atoms with Crippen molar-refractivity contribution >= 4 is 5.91 Å². The predicted molar refractivity (Wildman–Crippen MR) is 78.1 cm³/mol. The van der Waals surface area contributed by atoms with Gasteiger partial charge in [-0.3, -0.25) is 4.79 Å². The molecule has 0 saturated heterocycles. The zero-order chi connectivity index (χ0) is 18.6. The van der Waals surface area contributed by atoms with Crippen LogP contribution in [0.4, 0.5) is 17.6 Å². The van der Waals surface area contributed by atoms with Crippen LogP contribution in [0.25, 0.3) is 0 Å². The lowest BCUT2D eigenvalue weighted by atomic mass is 9.67. The third-order valence-corrected chi connectivity index (χ3v) is 4.38. The molecule has 2 N–H and O–H groups in total. The molecule has 1 fully saturated rings. The fourth-order valence-electron chi connectivity index (χ4n) is 3.05. The molecule has 0 aromatic heterocycles. The first-order valence-electron chi connectivity index (χ1n) is 7.52. The summed E-state index contributed by atoms with van der Waals surface area (Å²) in [5, 5.41) is 9.60. The van der Waals surface area contributed by atoms with Crippen LogP contribution in [0.2, 0.25) is 0 Å². The van der Waals surface area contributed by atoms with E-state index in [1.54, 1.807) is 0 Å². The molecule has 9 heteroatoms. The van der Waals surface area contributed by atoms with Gasteiger partial charge in [0.2, 0.25) is 5.91 Å². The summed E-state index contributed by atoms with van der Waals surface area (Å²) in [6.07, 6.45) is 1.34.